The summed E-state index contributed by atoms with van der Waals surface area (Å²) in [5.41, 5.74) is 0.650. The number of carbonyl (C=O) groups is 1. The second-order valence-electron chi connectivity index (χ2n) is 6.31. The molecule has 0 N–H and O–H groups in total. The quantitative estimate of drug-likeness (QED) is 0.588. The molecule has 0 saturated heterocycles. The number of benzene rings is 2. The zero-order chi connectivity index (χ0) is 20.6. The van der Waals surface area contributed by atoms with Gasteiger partial charge in [-0.3, -0.25) is 9.69 Å². The predicted molar refractivity (Wildman–Crippen MR) is 99.5 cm³/mol. The summed E-state index contributed by atoms with van der Waals surface area (Å²) in [6.45, 7) is 2.69. The molecule has 0 aromatic heterocycles. The normalized spacial score (nSPS) is 12.8. The van der Waals surface area contributed by atoms with E-state index in [0.717, 1.165) is 17.7 Å². The third-order valence-electron chi connectivity index (χ3n) is 4.20. The van der Waals surface area contributed by atoms with E-state index in [1.807, 2.05) is 35.2 Å². The molecule has 2 aromatic rings. The van der Waals surface area contributed by atoms with Crippen molar-refractivity contribution in [2.75, 3.05) is 26.8 Å². The van der Waals surface area contributed by atoms with E-state index in [1.165, 1.54) is 13.2 Å². The first-order valence-corrected chi connectivity index (χ1v) is 8.95. The molecule has 0 aliphatic carbocycles. The first-order valence-electron chi connectivity index (χ1n) is 8.95. The van der Waals surface area contributed by atoms with Crippen LogP contribution in [-0.2, 0) is 27.0 Å². The topological polar surface area (TPSA) is 38.8 Å². The van der Waals surface area contributed by atoms with Crippen molar-refractivity contribution in [2.24, 2.45) is 0 Å². The first-order chi connectivity index (χ1) is 13.3. The van der Waals surface area contributed by atoms with Crippen molar-refractivity contribution in [3.8, 4) is 0 Å². The number of methoxy groups -OCH3 is 1. The van der Waals surface area contributed by atoms with Crippen molar-refractivity contribution in [2.45, 2.75) is 25.7 Å². The van der Waals surface area contributed by atoms with Crippen LogP contribution < -0.4 is 0 Å². The summed E-state index contributed by atoms with van der Waals surface area (Å²) in [6, 6.07) is 14.6. The highest BCUT2D eigenvalue weighted by atomic mass is 19.4. The predicted octanol–water partition coefficient (Wildman–Crippen LogP) is 4.46. The van der Waals surface area contributed by atoms with Crippen molar-refractivity contribution in [1.29, 1.82) is 0 Å². The molecule has 4 nitrogen and oxygen atoms in total. The third kappa shape index (κ3) is 6.65. The van der Waals surface area contributed by atoms with Crippen molar-refractivity contribution in [3.05, 3.63) is 71.3 Å². The van der Waals surface area contributed by atoms with Crippen LogP contribution in [0.5, 0.6) is 0 Å². The van der Waals surface area contributed by atoms with Gasteiger partial charge in [-0.15, -0.1) is 0 Å². The molecule has 7 heteroatoms. The molecule has 152 valence electrons. The first kappa shape index (κ1) is 21.9. The highest BCUT2D eigenvalue weighted by Crippen LogP contribution is 2.31. The molecule has 1 atom stereocenters. The summed E-state index contributed by atoms with van der Waals surface area (Å²) < 4.78 is 49.6. The number of alkyl halides is 3. The van der Waals surface area contributed by atoms with Crippen LogP contribution in [0, 0.1) is 0 Å². The maximum absolute atomic E-state index is 13.0. The van der Waals surface area contributed by atoms with E-state index in [0.29, 0.717) is 12.1 Å². The Morgan fingerprint density at radius 3 is 2.43 bits per heavy atom. The number of esters is 1. The molecule has 0 aliphatic heterocycles. The van der Waals surface area contributed by atoms with Crippen LogP contribution in [-0.4, -0.2) is 37.7 Å². The molecule has 28 heavy (non-hydrogen) atoms. The van der Waals surface area contributed by atoms with Gasteiger partial charge < -0.3 is 9.47 Å². The van der Waals surface area contributed by atoms with Gasteiger partial charge in [0.05, 0.1) is 24.8 Å². The molecule has 2 aromatic carbocycles. The monoisotopic (exact) mass is 395 g/mol. The summed E-state index contributed by atoms with van der Waals surface area (Å²) >= 11 is 0. The molecular weight excluding hydrogens is 371 g/mol. The summed E-state index contributed by atoms with van der Waals surface area (Å²) in [5.74, 6) is -0.391. The molecule has 0 radical (unpaired) electrons. The average molecular weight is 395 g/mol. The van der Waals surface area contributed by atoms with E-state index in [-0.39, 0.29) is 19.7 Å². The zero-order valence-electron chi connectivity index (χ0n) is 15.9. The van der Waals surface area contributed by atoms with E-state index in [4.69, 9.17) is 9.47 Å². The Hall–Kier alpha value is -2.38. The van der Waals surface area contributed by atoms with Gasteiger partial charge >= 0.3 is 12.1 Å². The van der Waals surface area contributed by atoms with Gasteiger partial charge in [0.25, 0.3) is 0 Å². The zero-order valence-corrected chi connectivity index (χ0v) is 15.9. The minimum absolute atomic E-state index is 0.0154. The van der Waals surface area contributed by atoms with Gasteiger partial charge in [0.1, 0.15) is 0 Å². The Morgan fingerprint density at radius 2 is 1.82 bits per heavy atom. The Morgan fingerprint density at radius 1 is 1.11 bits per heavy atom. The lowest BCUT2D eigenvalue weighted by molar-refractivity contribution is -0.145. The number of ether oxygens (including phenoxy) is 2. The fourth-order valence-electron chi connectivity index (χ4n) is 2.88. The third-order valence-corrected chi connectivity index (χ3v) is 4.20. The van der Waals surface area contributed by atoms with Crippen LogP contribution >= 0.6 is 0 Å². The van der Waals surface area contributed by atoms with Crippen LogP contribution in [0.15, 0.2) is 54.6 Å². The van der Waals surface area contributed by atoms with Gasteiger partial charge in [0.2, 0.25) is 0 Å². The van der Waals surface area contributed by atoms with Crippen LogP contribution in [0.4, 0.5) is 13.2 Å². The molecule has 0 amide bonds. The Balaban J connectivity index is 2.20. The Bertz CT molecular complexity index is 750. The molecule has 0 heterocycles. The van der Waals surface area contributed by atoms with Crippen molar-refractivity contribution in [1.82, 2.24) is 4.90 Å². The molecule has 0 fully saturated rings. The van der Waals surface area contributed by atoms with E-state index in [1.54, 1.807) is 13.0 Å². The lowest BCUT2D eigenvalue weighted by Gasteiger charge is -2.27. The SMILES string of the molecule is CCOC(=O)CN(Cc1ccccc1)CC(OC)c1cccc(C(F)(F)F)c1. The molecule has 0 spiro atoms. The largest absolute Gasteiger partial charge is 0.465 e. The summed E-state index contributed by atoms with van der Waals surface area (Å²) in [5, 5.41) is 0. The second kappa shape index (κ2) is 10.2. The van der Waals surface area contributed by atoms with Gasteiger partial charge in [0.15, 0.2) is 0 Å². The molecule has 0 saturated carbocycles. The van der Waals surface area contributed by atoms with E-state index in [2.05, 4.69) is 0 Å². The van der Waals surface area contributed by atoms with Crippen LogP contribution in [0.3, 0.4) is 0 Å². The maximum atomic E-state index is 13.0. The lowest BCUT2D eigenvalue weighted by Crippen LogP contribution is -2.34. The molecule has 0 bridgehead atoms. The molecular formula is C21H24F3NO3. The van der Waals surface area contributed by atoms with Gasteiger partial charge in [-0.25, -0.2) is 0 Å². The average Bonchev–Trinajstić information content (AvgIpc) is 2.66. The second-order valence-corrected chi connectivity index (χ2v) is 6.31. The lowest BCUT2D eigenvalue weighted by atomic mass is 10.0. The molecule has 0 aliphatic rings. The fourth-order valence-corrected chi connectivity index (χ4v) is 2.88. The summed E-state index contributed by atoms with van der Waals surface area (Å²) in [6.07, 6.45) is -5.05. The van der Waals surface area contributed by atoms with E-state index >= 15 is 0 Å². The number of nitrogens with zero attached hydrogens (tertiary/aromatic N) is 1. The minimum atomic E-state index is -4.43. The van der Waals surface area contributed by atoms with Gasteiger partial charge in [-0.05, 0) is 30.2 Å². The maximum Gasteiger partial charge on any atom is 0.416 e. The van der Waals surface area contributed by atoms with Crippen LogP contribution in [0.2, 0.25) is 0 Å². The number of rotatable bonds is 9. The van der Waals surface area contributed by atoms with Gasteiger partial charge in [0, 0.05) is 20.2 Å². The minimum Gasteiger partial charge on any atom is -0.465 e. The Kier molecular flexibility index (Phi) is 8.02. The van der Waals surface area contributed by atoms with Crippen LogP contribution in [0.1, 0.15) is 29.7 Å². The fraction of sp³-hybridized carbons (Fsp3) is 0.381. The highest BCUT2D eigenvalue weighted by Gasteiger charge is 2.31. The van der Waals surface area contributed by atoms with Crippen molar-refractivity contribution in [3.63, 3.8) is 0 Å². The number of hydrogen-bond acceptors (Lipinski definition) is 4. The van der Waals surface area contributed by atoms with Crippen molar-refractivity contribution < 1.29 is 27.4 Å². The summed E-state index contributed by atoms with van der Waals surface area (Å²) in [4.78, 5) is 13.8. The molecule has 2 rings (SSSR count). The summed E-state index contributed by atoms with van der Waals surface area (Å²) in [7, 11) is 1.44. The van der Waals surface area contributed by atoms with Gasteiger partial charge in [-0.2, -0.15) is 13.2 Å². The standard InChI is InChI=1S/C21H24F3NO3/c1-3-28-20(26)15-25(13-16-8-5-4-6-9-16)14-19(27-2)17-10-7-11-18(12-17)21(22,23)24/h4-12,19H,3,13-15H2,1-2H3. The van der Waals surface area contributed by atoms with E-state index < -0.39 is 23.8 Å². The van der Waals surface area contributed by atoms with Crippen LogP contribution in [0.25, 0.3) is 0 Å². The number of halogens is 3. The number of hydrogen-bond donors (Lipinski definition) is 0. The smallest absolute Gasteiger partial charge is 0.416 e. The Labute approximate surface area is 162 Å². The highest BCUT2D eigenvalue weighted by molar-refractivity contribution is 5.71. The number of carbonyl (C=O) groups excluding carboxylic acids is 1. The van der Waals surface area contributed by atoms with Crippen molar-refractivity contribution >= 4 is 5.97 Å². The molecule has 1 unspecified atom stereocenters. The van der Waals surface area contributed by atoms with E-state index in [9.17, 15) is 18.0 Å². The van der Waals surface area contributed by atoms with Gasteiger partial charge in [-0.1, -0.05) is 42.5 Å².